The van der Waals surface area contributed by atoms with Crippen LogP contribution in [0.15, 0.2) is 24.3 Å². The molecule has 0 saturated carbocycles. The molecule has 0 bridgehead atoms. The molecule has 4 heteroatoms. The van der Waals surface area contributed by atoms with Crippen LogP contribution in [0.1, 0.15) is 30.0 Å². The molecule has 2 heterocycles. The van der Waals surface area contributed by atoms with Gasteiger partial charge in [0, 0.05) is 45.4 Å². The van der Waals surface area contributed by atoms with Gasteiger partial charge in [0.05, 0.1) is 6.61 Å². The standard InChI is InChI=1S/C17H27N3O/c1-21-13-14-5-2-3-7-16(14)17(11-18)20-10-9-19-8-4-6-15(19)12-20/h2-3,5,7,15,17H,4,6,8-13,18H2,1H3. The third-order valence-corrected chi connectivity index (χ3v) is 5.00. The number of hydrogen-bond acceptors (Lipinski definition) is 4. The maximum atomic E-state index is 6.14. The van der Waals surface area contributed by atoms with E-state index in [1.54, 1.807) is 7.11 Å². The summed E-state index contributed by atoms with van der Waals surface area (Å²) in [6.45, 7) is 6.09. The number of hydrogen-bond donors (Lipinski definition) is 1. The number of benzene rings is 1. The number of piperazine rings is 1. The lowest BCUT2D eigenvalue weighted by Crippen LogP contribution is -2.52. The minimum absolute atomic E-state index is 0.319. The van der Waals surface area contributed by atoms with E-state index in [1.165, 1.54) is 37.1 Å². The van der Waals surface area contributed by atoms with Crippen molar-refractivity contribution < 1.29 is 4.74 Å². The van der Waals surface area contributed by atoms with Crippen LogP contribution in [0.5, 0.6) is 0 Å². The van der Waals surface area contributed by atoms with Crippen molar-refractivity contribution >= 4 is 0 Å². The minimum atomic E-state index is 0.319. The average Bonchev–Trinajstić information content (AvgIpc) is 2.98. The highest BCUT2D eigenvalue weighted by molar-refractivity contribution is 5.30. The van der Waals surface area contributed by atoms with Gasteiger partial charge in [0.2, 0.25) is 0 Å². The maximum Gasteiger partial charge on any atom is 0.0716 e. The minimum Gasteiger partial charge on any atom is -0.380 e. The summed E-state index contributed by atoms with van der Waals surface area (Å²) in [5.41, 5.74) is 8.75. The van der Waals surface area contributed by atoms with Crippen LogP contribution in [0.25, 0.3) is 0 Å². The van der Waals surface area contributed by atoms with Gasteiger partial charge in [-0.05, 0) is 30.5 Å². The van der Waals surface area contributed by atoms with Gasteiger partial charge >= 0.3 is 0 Å². The topological polar surface area (TPSA) is 41.7 Å². The molecule has 116 valence electrons. The van der Waals surface area contributed by atoms with Crippen molar-refractivity contribution in [1.82, 2.24) is 9.80 Å². The molecule has 2 N–H and O–H groups in total. The van der Waals surface area contributed by atoms with Crippen molar-refractivity contribution in [2.75, 3.05) is 39.8 Å². The zero-order valence-corrected chi connectivity index (χ0v) is 13.0. The van der Waals surface area contributed by atoms with E-state index in [0.29, 0.717) is 19.2 Å². The normalized spacial score (nSPS) is 25.0. The van der Waals surface area contributed by atoms with E-state index in [0.717, 1.165) is 19.1 Å². The molecule has 4 nitrogen and oxygen atoms in total. The van der Waals surface area contributed by atoms with Crippen LogP contribution in [-0.2, 0) is 11.3 Å². The molecule has 0 amide bonds. The largest absolute Gasteiger partial charge is 0.380 e. The quantitative estimate of drug-likeness (QED) is 0.894. The highest BCUT2D eigenvalue weighted by Crippen LogP contribution is 2.29. The average molecular weight is 289 g/mol. The fourth-order valence-electron chi connectivity index (χ4n) is 3.92. The van der Waals surface area contributed by atoms with Gasteiger partial charge in [-0.3, -0.25) is 9.80 Å². The molecule has 0 aromatic heterocycles. The Hall–Kier alpha value is -0.940. The highest BCUT2D eigenvalue weighted by Gasteiger charge is 2.33. The molecule has 2 fully saturated rings. The Morgan fingerprint density at radius 3 is 2.95 bits per heavy atom. The maximum absolute atomic E-state index is 6.14. The van der Waals surface area contributed by atoms with E-state index in [2.05, 4.69) is 34.1 Å². The van der Waals surface area contributed by atoms with E-state index in [1.807, 2.05) is 0 Å². The number of methoxy groups -OCH3 is 1. The summed E-state index contributed by atoms with van der Waals surface area (Å²) >= 11 is 0. The summed E-state index contributed by atoms with van der Waals surface area (Å²) in [4.78, 5) is 5.23. The zero-order chi connectivity index (χ0) is 14.7. The summed E-state index contributed by atoms with van der Waals surface area (Å²) in [5.74, 6) is 0. The van der Waals surface area contributed by atoms with Crippen LogP contribution in [0, 0.1) is 0 Å². The van der Waals surface area contributed by atoms with Crippen LogP contribution in [0.3, 0.4) is 0 Å². The summed E-state index contributed by atoms with van der Waals surface area (Å²) in [6, 6.07) is 9.63. The second-order valence-electron chi connectivity index (χ2n) is 6.21. The van der Waals surface area contributed by atoms with Gasteiger partial charge < -0.3 is 10.5 Å². The number of nitrogens with two attached hydrogens (primary N) is 1. The molecule has 2 unspecified atom stereocenters. The molecule has 3 rings (SSSR count). The lowest BCUT2D eigenvalue weighted by atomic mass is 9.97. The van der Waals surface area contributed by atoms with E-state index in [-0.39, 0.29) is 0 Å². The molecular weight excluding hydrogens is 262 g/mol. The smallest absolute Gasteiger partial charge is 0.0716 e. The summed E-state index contributed by atoms with van der Waals surface area (Å²) < 4.78 is 5.35. The van der Waals surface area contributed by atoms with Gasteiger partial charge in [0.25, 0.3) is 0 Å². The third kappa shape index (κ3) is 3.14. The highest BCUT2D eigenvalue weighted by atomic mass is 16.5. The van der Waals surface area contributed by atoms with Crippen molar-refractivity contribution in [3.05, 3.63) is 35.4 Å². The first-order valence-corrected chi connectivity index (χ1v) is 8.08. The lowest BCUT2D eigenvalue weighted by molar-refractivity contribution is 0.0726. The second kappa shape index (κ2) is 6.88. The Morgan fingerprint density at radius 1 is 1.29 bits per heavy atom. The summed E-state index contributed by atoms with van der Waals surface area (Å²) in [6.07, 6.45) is 2.69. The van der Waals surface area contributed by atoms with Crippen LogP contribution in [-0.4, -0.2) is 55.7 Å². The van der Waals surface area contributed by atoms with Crippen LogP contribution in [0.2, 0.25) is 0 Å². The van der Waals surface area contributed by atoms with Gasteiger partial charge in [-0.1, -0.05) is 24.3 Å². The summed E-state index contributed by atoms with van der Waals surface area (Å²) in [7, 11) is 1.76. The van der Waals surface area contributed by atoms with Gasteiger partial charge in [-0.2, -0.15) is 0 Å². The molecule has 0 spiro atoms. The van der Waals surface area contributed by atoms with Crippen LogP contribution < -0.4 is 5.73 Å². The van der Waals surface area contributed by atoms with Gasteiger partial charge in [-0.15, -0.1) is 0 Å². The first-order valence-electron chi connectivity index (χ1n) is 8.08. The predicted octanol–water partition coefficient (Wildman–Crippen LogP) is 1.61. The molecule has 2 aliphatic rings. The van der Waals surface area contributed by atoms with Crippen molar-refractivity contribution in [3.63, 3.8) is 0 Å². The first-order chi connectivity index (χ1) is 10.3. The molecule has 21 heavy (non-hydrogen) atoms. The predicted molar refractivity (Wildman–Crippen MR) is 85.1 cm³/mol. The molecule has 2 aliphatic heterocycles. The lowest BCUT2D eigenvalue weighted by Gasteiger charge is -2.42. The SMILES string of the molecule is COCc1ccccc1C(CN)N1CCN2CCCC2C1. The number of rotatable bonds is 5. The molecule has 0 radical (unpaired) electrons. The van der Waals surface area contributed by atoms with E-state index in [4.69, 9.17) is 10.5 Å². The molecule has 2 saturated heterocycles. The van der Waals surface area contributed by atoms with E-state index >= 15 is 0 Å². The van der Waals surface area contributed by atoms with Crippen LogP contribution in [0.4, 0.5) is 0 Å². The van der Waals surface area contributed by atoms with Crippen molar-refractivity contribution in [3.8, 4) is 0 Å². The molecular formula is C17H27N3O. The van der Waals surface area contributed by atoms with E-state index in [9.17, 15) is 0 Å². The Bertz CT molecular complexity index is 465. The summed E-state index contributed by atoms with van der Waals surface area (Å²) in [5, 5.41) is 0. The van der Waals surface area contributed by atoms with Gasteiger partial charge in [0.1, 0.15) is 0 Å². The number of nitrogens with zero attached hydrogens (tertiary/aromatic N) is 2. The molecule has 1 aromatic rings. The molecule has 2 atom stereocenters. The Balaban J connectivity index is 1.78. The van der Waals surface area contributed by atoms with Crippen molar-refractivity contribution in [1.29, 1.82) is 0 Å². The number of ether oxygens (including phenoxy) is 1. The van der Waals surface area contributed by atoms with Crippen molar-refractivity contribution in [2.24, 2.45) is 5.73 Å². The second-order valence-corrected chi connectivity index (χ2v) is 6.21. The monoisotopic (exact) mass is 289 g/mol. The zero-order valence-electron chi connectivity index (χ0n) is 13.0. The van der Waals surface area contributed by atoms with E-state index < -0.39 is 0 Å². The molecule has 0 aliphatic carbocycles. The van der Waals surface area contributed by atoms with Gasteiger partial charge in [0.15, 0.2) is 0 Å². The fraction of sp³-hybridized carbons (Fsp3) is 0.647. The number of fused-ring (bicyclic) bond motifs is 1. The molecule has 1 aromatic carbocycles. The van der Waals surface area contributed by atoms with Gasteiger partial charge in [-0.25, -0.2) is 0 Å². The first kappa shape index (κ1) is 15.0. The van der Waals surface area contributed by atoms with Crippen LogP contribution >= 0.6 is 0 Å². The van der Waals surface area contributed by atoms with Crippen molar-refractivity contribution in [2.45, 2.75) is 31.5 Å². The Morgan fingerprint density at radius 2 is 2.14 bits per heavy atom. The Kier molecular flexibility index (Phi) is 4.91. The Labute approximate surface area is 127 Å². The fourth-order valence-corrected chi connectivity index (χ4v) is 3.92. The third-order valence-electron chi connectivity index (χ3n) is 5.00.